The van der Waals surface area contributed by atoms with E-state index in [0.717, 1.165) is 12.1 Å². The van der Waals surface area contributed by atoms with Crippen LogP contribution >= 0.6 is 0 Å². The number of nitrogens with zero attached hydrogens (tertiary/aromatic N) is 4. The predicted molar refractivity (Wildman–Crippen MR) is 179 cm³/mol. The summed E-state index contributed by atoms with van der Waals surface area (Å²) in [5.74, 6) is -0.964. The molecule has 1 aromatic heterocycles. The zero-order valence-electron chi connectivity index (χ0n) is 29.5. The van der Waals surface area contributed by atoms with Crippen LogP contribution in [0.2, 0.25) is 0 Å². The summed E-state index contributed by atoms with van der Waals surface area (Å²) in [5.41, 5.74) is -3.79. The Balaban J connectivity index is 1.57. The summed E-state index contributed by atoms with van der Waals surface area (Å²) >= 11 is 0. The van der Waals surface area contributed by atoms with Crippen molar-refractivity contribution in [3.05, 3.63) is 76.1 Å². The van der Waals surface area contributed by atoms with Crippen molar-refractivity contribution in [1.29, 1.82) is 0 Å². The molecule has 0 unspecified atom stereocenters. The minimum Gasteiger partial charge on any atom is -0.466 e. The van der Waals surface area contributed by atoms with Crippen molar-refractivity contribution in [3.63, 3.8) is 0 Å². The van der Waals surface area contributed by atoms with E-state index in [1.165, 1.54) is 17.2 Å². The summed E-state index contributed by atoms with van der Waals surface area (Å²) in [6.07, 6.45) is -13.7. The summed E-state index contributed by atoms with van der Waals surface area (Å²) < 4.78 is 135. The summed E-state index contributed by atoms with van der Waals surface area (Å²) in [6, 6.07) is 2.69. The molecule has 54 heavy (non-hydrogen) atoms. The molecule has 9 nitrogen and oxygen atoms in total. The Labute approximate surface area is 304 Å². The zero-order valence-corrected chi connectivity index (χ0v) is 29.5. The van der Waals surface area contributed by atoms with Gasteiger partial charge in [-0.2, -0.15) is 39.5 Å². The lowest BCUT2D eigenvalue weighted by atomic mass is 9.89. The normalized spacial score (nSPS) is 18.3. The third-order valence-electron chi connectivity index (χ3n) is 9.42. The molecule has 1 saturated heterocycles. The number of alkyl halides is 9. The first-order valence-corrected chi connectivity index (χ1v) is 17.3. The van der Waals surface area contributed by atoms with Crippen LogP contribution in [0.25, 0.3) is 0 Å². The number of carbonyl (C=O) groups excluding carboxylic acids is 2. The van der Waals surface area contributed by atoms with Gasteiger partial charge in [0, 0.05) is 25.6 Å². The Morgan fingerprint density at radius 3 is 1.98 bits per heavy atom. The first-order chi connectivity index (χ1) is 25.3. The number of benzene rings is 2. The Bertz CT molecular complexity index is 1790. The summed E-state index contributed by atoms with van der Waals surface area (Å²) in [7, 11) is 0. The van der Waals surface area contributed by atoms with E-state index in [-0.39, 0.29) is 78.9 Å². The van der Waals surface area contributed by atoms with Gasteiger partial charge in [-0.05, 0) is 87.1 Å². The maximum absolute atomic E-state index is 13.9. The second kappa shape index (κ2) is 15.9. The molecule has 2 atom stereocenters. The van der Waals surface area contributed by atoms with Crippen LogP contribution in [0.1, 0.15) is 86.0 Å². The molecule has 18 heteroatoms. The van der Waals surface area contributed by atoms with E-state index in [1.807, 2.05) is 0 Å². The number of carbonyl (C=O) groups is 2. The van der Waals surface area contributed by atoms with Gasteiger partial charge < -0.3 is 19.7 Å². The van der Waals surface area contributed by atoms with Crippen molar-refractivity contribution in [3.8, 4) is 0 Å². The number of piperidine rings is 1. The fraction of sp³-hybridized carbons (Fsp3) is 0.500. The van der Waals surface area contributed by atoms with Crippen molar-refractivity contribution in [1.82, 2.24) is 9.97 Å². The largest absolute Gasteiger partial charge is 0.466 e. The molecule has 0 spiro atoms. The van der Waals surface area contributed by atoms with Crippen LogP contribution in [0.3, 0.4) is 0 Å². The molecule has 1 fully saturated rings. The third-order valence-corrected chi connectivity index (χ3v) is 9.42. The van der Waals surface area contributed by atoms with Gasteiger partial charge in [-0.3, -0.25) is 9.69 Å². The van der Waals surface area contributed by atoms with Crippen LogP contribution in [0.15, 0.2) is 42.6 Å². The smallest absolute Gasteiger partial charge is 0.416 e. The average Bonchev–Trinajstić information content (AvgIpc) is 3.10. The fourth-order valence-electron chi connectivity index (χ4n) is 6.82. The van der Waals surface area contributed by atoms with Gasteiger partial charge in [-0.25, -0.2) is 14.8 Å². The summed E-state index contributed by atoms with van der Waals surface area (Å²) in [4.78, 5) is 37.3. The molecular weight excluding hydrogens is 737 g/mol. The quantitative estimate of drug-likeness (QED) is 0.170. The molecule has 1 N–H and O–H groups in total. The minimum atomic E-state index is -5.09. The number of hydrogen-bond donors (Lipinski definition) is 1. The lowest BCUT2D eigenvalue weighted by Crippen LogP contribution is -2.46. The molecule has 2 aromatic carbocycles. The first kappa shape index (κ1) is 40.4. The van der Waals surface area contributed by atoms with Crippen molar-refractivity contribution < 1.29 is 58.6 Å². The second-order valence-electron chi connectivity index (χ2n) is 13.0. The van der Waals surface area contributed by atoms with Gasteiger partial charge in [0.25, 0.3) is 0 Å². The number of aromatic nitrogens is 2. The molecule has 3 aromatic rings. The van der Waals surface area contributed by atoms with Gasteiger partial charge in [0.05, 0.1) is 65.1 Å². The predicted octanol–water partition coefficient (Wildman–Crippen LogP) is 9.20. The lowest BCUT2D eigenvalue weighted by molar-refractivity contribution is -0.148. The molecule has 1 amide bonds. The topological polar surface area (TPSA) is 96.9 Å². The number of halogens is 9. The second-order valence-corrected chi connectivity index (χ2v) is 13.0. The highest BCUT2D eigenvalue weighted by Crippen LogP contribution is 2.44. The van der Waals surface area contributed by atoms with Gasteiger partial charge in [0.15, 0.2) is 0 Å². The fourth-order valence-corrected chi connectivity index (χ4v) is 6.82. The number of fused-ring (bicyclic) bond motifs is 1. The number of rotatable bonds is 9. The zero-order chi connectivity index (χ0) is 39.6. The number of amides is 1. The number of anilines is 3. The Morgan fingerprint density at radius 1 is 0.815 bits per heavy atom. The monoisotopic (exact) mass is 775 g/mol. The molecule has 2 aliphatic heterocycles. The van der Waals surface area contributed by atoms with Gasteiger partial charge in [0.2, 0.25) is 5.95 Å². The van der Waals surface area contributed by atoms with Crippen LogP contribution < -0.4 is 15.1 Å². The highest BCUT2D eigenvalue weighted by molar-refractivity contribution is 5.90. The average molecular weight is 776 g/mol. The molecule has 0 aliphatic carbocycles. The van der Waals surface area contributed by atoms with Crippen LogP contribution in [0.5, 0.6) is 0 Å². The van der Waals surface area contributed by atoms with E-state index in [4.69, 9.17) is 9.47 Å². The van der Waals surface area contributed by atoms with Crippen LogP contribution in [0.4, 0.5) is 61.6 Å². The SMILES string of the molecule is CCOC(=O)C1CCN(c2cnc(N[C@H]3C[C@@H](CC)N(C(=O)OCC)c4ccc(C(F)(F)F)cc43)nc2Cc2cc(C(F)(F)F)cc(C(F)(F)F)c2)CC1. The van der Waals surface area contributed by atoms with Crippen molar-refractivity contribution in [2.24, 2.45) is 5.92 Å². The maximum Gasteiger partial charge on any atom is 0.416 e. The van der Waals surface area contributed by atoms with Gasteiger partial charge in [0.1, 0.15) is 0 Å². The van der Waals surface area contributed by atoms with Gasteiger partial charge in [-0.15, -0.1) is 0 Å². The Hall–Kier alpha value is -4.77. The molecule has 0 saturated carbocycles. The highest BCUT2D eigenvalue weighted by Gasteiger charge is 2.40. The maximum atomic E-state index is 13.9. The van der Waals surface area contributed by atoms with Gasteiger partial charge >= 0.3 is 30.6 Å². The van der Waals surface area contributed by atoms with E-state index in [9.17, 15) is 49.1 Å². The Kier molecular flexibility index (Phi) is 11.9. The highest BCUT2D eigenvalue weighted by atomic mass is 19.4. The lowest BCUT2D eigenvalue weighted by Gasteiger charge is -2.40. The molecule has 0 bridgehead atoms. The van der Waals surface area contributed by atoms with Crippen molar-refractivity contribution >= 4 is 29.4 Å². The third kappa shape index (κ3) is 9.12. The van der Waals surface area contributed by atoms with E-state index in [2.05, 4.69) is 15.3 Å². The Morgan fingerprint density at radius 2 is 1.43 bits per heavy atom. The van der Waals surface area contributed by atoms with Crippen LogP contribution in [-0.4, -0.2) is 54.4 Å². The van der Waals surface area contributed by atoms with E-state index in [1.54, 1.807) is 25.7 Å². The first-order valence-electron chi connectivity index (χ1n) is 17.3. The standard InChI is InChI=1S/C36H38F9N5O4/c1-4-25-18-27(26-17-22(34(37,38)39)7-8-29(26)50(25)33(52)54-6-3)47-32-46-19-30(49-11-9-21(10-12-49)31(51)53-5-2)28(48-32)15-20-13-23(35(40,41)42)16-24(14-20)36(43,44)45/h7-8,13-14,16-17,19,21,25,27H,4-6,9-12,15,18H2,1-3H3,(H,46,47,48)/t25-,27+/m1/s1. The van der Waals surface area contributed by atoms with E-state index < -0.39 is 65.7 Å². The summed E-state index contributed by atoms with van der Waals surface area (Å²) in [6.45, 7) is 5.77. The molecular formula is C36H38F9N5O4. The van der Waals surface area contributed by atoms with Crippen LogP contribution in [0, 0.1) is 5.92 Å². The minimum absolute atomic E-state index is 0.0171. The molecule has 5 rings (SSSR count). The van der Waals surface area contributed by atoms with Crippen LogP contribution in [-0.2, 0) is 39.2 Å². The number of esters is 1. The number of nitrogens with one attached hydrogen (secondary N) is 1. The van der Waals surface area contributed by atoms with Crippen molar-refractivity contribution in [2.45, 2.75) is 83.5 Å². The summed E-state index contributed by atoms with van der Waals surface area (Å²) in [5, 5.41) is 3.03. The molecule has 2 aliphatic rings. The number of ether oxygens (including phenoxy) is 2. The van der Waals surface area contributed by atoms with Crippen molar-refractivity contribution in [2.75, 3.05) is 41.4 Å². The number of hydrogen-bond acceptors (Lipinski definition) is 8. The molecule has 294 valence electrons. The van der Waals surface area contributed by atoms with E-state index >= 15 is 0 Å². The molecule has 0 radical (unpaired) electrons. The van der Waals surface area contributed by atoms with E-state index in [0.29, 0.717) is 31.4 Å². The van der Waals surface area contributed by atoms with Gasteiger partial charge in [-0.1, -0.05) is 6.92 Å². The molecule has 3 heterocycles.